The lowest BCUT2D eigenvalue weighted by Crippen LogP contribution is -2.33. The van der Waals surface area contributed by atoms with Crippen molar-refractivity contribution in [1.82, 2.24) is 10.0 Å². The number of amides is 1. The van der Waals surface area contributed by atoms with Gasteiger partial charge < -0.3 is 10.1 Å². The van der Waals surface area contributed by atoms with Crippen LogP contribution >= 0.6 is 11.9 Å². The molecule has 0 radical (unpaired) electrons. The molecular weight excluding hydrogens is 302 g/mol. The van der Waals surface area contributed by atoms with Crippen LogP contribution in [0, 0.1) is 0 Å². The monoisotopic (exact) mass is 327 g/mol. The molecule has 0 aromatic heterocycles. The number of alkyl carbamates (subject to hydrolysis) is 1. The molecule has 1 aromatic rings. The summed E-state index contributed by atoms with van der Waals surface area (Å²) in [6, 6.07) is 7.85. The lowest BCUT2D eigenvalue weighted by Gasteiger charge is -2.19. The summed E-state index contributed by atoms with van der Waals surface area (Å²) in [5.41, 5.74) is 3.28. The maximum absolute atomic E-state index is 11.4. The van der Waals surface area contributed by atoms with E-state index in [2.05, 4.69) is 15.5 Å². The topological polar surface area (TPSA) is 71.6 Å². The van der Waals surface area contributed by atoms with E-state index >= 15 is 0 Å². The van der Waals surface area contributed by atoms with Crippen molar-refractivity contribution in [1.29, 1.82) is 0 Å². The van der Waals surface area contributed by atoms with Crippen LogP contribution in [0.3, 0.4) is 0 Å². The maximum atomic E-state index is 11.4. The molecule has 1 aromatic carbocycles. The van der Waals surface area contributed by atoms with E-state index in [1.54, 1.807) is 7.11 Å². The van der Waals surface area contributed by atoms with Crippen molar-refractivity contribution in [2.45, 2.75) is 37.7 Å². The van der Waals surface area contributed by atoms with Crippen LogP contribution < -0.4 is 15.5 Å². The number of rotatable bonds is 8. The number of hydrogen-bond donors (Lipinski definition) is 3. The summed E-state index contributed by atoms with van der Waals surface area (Å²) >= 11 is 1.52. The van der Waals surface area contributed by atoms with Crippen LogP contribution in [0.15, 0.2) is 29.2 Å². The van der Waals surface area contributed by atoms with Crippen LogP contribution in [0.1, 0.15) is 27.2 Å². The Morgan fingerprint density at radius 2 is 1.95 bits per heavy atom. The van der Waals surface area contributed by atoms with E-state index in [0.29, 0.717) is 6.54 Å². The van der Waals surface area contributed by atoms with Gasteiger partial charge in [0.2, 0.25) is 0 Å². The van der Waals surface area contributed by atoms with E-state index in [1.807, 2.05) is 45.0 Å². The zero-order valence-electron chi connectivity index (χ0n) is 13.6. The molecule has 0 aliphatic heterocycles. The molecule has 1 amide bonds. The third-order valence-corrected chi connectivity index (χ3v) is 3.33. The van der Waals surface area contributed by atoms with E-state index in [9.17, 15) is 4.79 Å². The lowest BCUT2D eigenvalue weighted by molar-refractivity contribution is 0.0527. The molecule has 0 aliphatic rings. The minimum Gasteiger partial charge on any atom is -0.444 e. The molecule has 0 saturated heterocycles. The molecule has 0 atom stereocenters. The fraction of sp³-hybridized carbons (Fsp3) is 0.533. The first kappa shape index (κ1) is 18.6. The molecule has 124 valence electrons. The predicted molar refractivity (Wildman–Crippen MR) is 89.8 cm³/mol. The molecule has 22 heavy (non-hydrogen) atoms. The van der Waals surface area contributed by atoms with Crippen LogP contribution in [-0.4, -0.2) is 31.9 Å². The number of nitrogens with one attached hydrogen (secondary N) is 3. The van der Waals surface area contributed by atoms with Crippen molar-refractivity contribution >= 4 is 23.7 Å². The summed E-state index contributed by atoms with van der Waals surface area (Å²) in [7, 11) is 1.58. The van der Waals surface area contributed by atoms with Gasteiger partial charge in [-0.3, -0.25) is 15.0 Å². The number of anilines is 1. The summed E-state index contributed by atoms with van der Waals surface area (Å²) in [5.74, 6) is 0. The second-order valence-corrected chi connectivity index (χ2v) is 6.51. The standard InChI is InChI=1S/C15H25N3O3S/c1-15(2,3)21-14(19)16-10-7-11-17-22-13-9-6-5-8-12(13)18-20-4/h5-6,8-9,17-18H,7,10-11H2,1-4H3,(H,16,19). The summed E-state index contributed by atoms with van der Waals surface area (Å²) < 4.78 is 8.41. The summed E-state index contributed by atoms with van der Waals surface area (Å²) in [6.07, 6.45) is 0.432. The van der Waals surface area contributed by atoms with Gasteiger partial charge in [0.25, 0.3) is 0 Å². The Balaban J connectivity index is 2.17. The van der Waals surface area contributed by atoms with Gasteiger partial charge in [0.05, 0.1) is 12.8 Å². The van der Waals surface area contributed by atoms with Gasteiger partial charge in [-0.25, -0.2) is 4.79 Å². The fourth-order valence-corrected chi connectivity index (χ4v) is 2.31. The Hall–Kier alpha value is -1.44. The van der Waals surface area contributed by atoms with Gasteiger partial charge in [-0.15, -0.1) is 0 Å². The molecular formula is C15H25N3O3S. The number of hydrogen-bond acceptors (Lipinski definition) is 6. The molecule has 0 aliphatic carbocycles. The van der Waals surface area contributed by atoms with Crippen molar-refractivity contribution in [2.75, 3.05) is 25.7 Å². The zero-order valence-corrected chi connectivity index (χ0v) is 14.4. The van der Waals surface area contributed by atoms with E-state index < -0.39 is 5.60 Å². The number of ether oxygens (including phenoxy) is 1. The Bertz CT molecular complexity index is 464. The smallest absolute Gasteiger partial charge is 0.407 e. The molecule has 0 heterocycles. The van der Waals surface area contributed by atoms with Crippen LogP contribution in [-0.2, 0) is 9.57 Å². The molecule has 0 bridgehead atoms. The van der Waals surface area contributed by atoms with Crippen molar-refractivity contribution < 1.29 is 14.4 Å². The normalized spacial score (nSPS) is 11.1. The second-order valence-electron chi connectivity index (χ2n) is 5.58. The van der Waals surface area contributed by atoms with Gasteiger partial charge >= 0.3 is 6.09 Å². The molecule has 1 rings (SSSR count). The Morgan fingerprint density at radius 1 is 1.23 bits per heavy atom. The first-order chi connectivity index (χ1) is 10.4. The Kier molecular flexibility index (Phi) is 8.08. The quantitative estimate of drug-likeness (QED) is 0.387. The van der Waals surface area contributed by atoms with Crippen LogP contribution in [0.2, 0.25) is 0 Å². The van der Waals surface area contributed by atoms with Crippen LogP contribution in [0.25, 0.3) is 0 Å². The van der Waals surface area contributed by atoms with Crippen LogP contribution in [0.4, 0.5) is 10.5 Å². The van der Waals surface area contributed by atoms with E-state index in [1.165, 1.54) is 11.9 Å². The largest absolute Gasteiger partial charge is 0.444 e. The maximum Gasteiger partial charge on any atom is 0.407 e. The van der Waals surface area contributed by atoms with Crippen molar-refractivity contribution in [3.05, 3.63) is 24.3 Å². The van der Waals surface area contributed by atoms with Gasteiger partial charge in [-0.05, 0) is 51.3 Å². The molecule has 0 unspecified atom stereocenters. The Labute approximate surface area is 136 Å². The number of benzene rings is 1. The van der Waals surface area contributed by atoms with E-state index in [-0.39, 0.29) is 6.09 Å². The van der Waals surface area contributed by atoms with Crippen LogP contribution in [0.5, 0.6) is 0 Å². The first-order valence-electron chi connectivity index (χ1n) is 7.17. The minimum atomic E-state index is -0.462. The average Bonchev–Trinajstić information content (AvgIpc) is 2.42. The van der Waals surface area contributed by atoms with Gasteiger partial charge in [0, 0.05) is 18.0 Å². The highest BCUT2D eigenvalue weighted by atomic mass is 32.2. The van der Waals surface area contributed by atoms with Gasteiger partial charge in [0.1, 0.15) is 5.60 Å². The number of carbonyl (C=O) groups is 1. The van der Waals surface area contributed by atoms with Gasteiger partial charge in [0.15, 0.2) is 0 Å². The Morgan fingerprint density at radius 3 is 2.64 bits per heavy atom. The van der Waals surface area contributed by atoms with E-state index in [4.69, 9.17) is 9.57 Å². The summed E-state index contributed by atoms with van der Waals surface area (Å²) in [6.45, 7) is 6.87. The van der Waals surface area contributed by atoms with E-state index in [0.717, 1.165) is 23.5 Å². The van der Waals surface area contributed by atoms with Crippen molar-refractivity contribution in [3.63, 3.8) is 0 Å². The molecule has 7 heteroatoms. The van der Waals surface area contributed by atoms with Crippen molar-refractivity contribution in [2.24, 2.45) is 0 Å². The second kappa shape index (κ2) is 9.55. The average molecular weight is 327 g/mol. The van der Waals surface area contributed by atoms with Crippen molar-refractivity contribution in [3.8, 4) is 0 Å². The highest BCUT2D eigenvalue weighted by molar-refractivity contribution is 7.97. The highest BCUT2D eigenvalue weighted by Crippen LogP contribution is 2.24. The summed E-state index contributed by atoms with van der Waals surface area (Å²) in [5, 5.41) is 2.73. The number of para-hydroxylation sites is 1. The predicted octanol–water partition coefficient (Wildman–Crippen LogP) is 3.17. The molecule has 6 nitrogen and oxygen atoms in total. The fourth-order valence-electron chi connectivity index (χ4n) is 1.54. The third-order valence-electron chi connectivity index (χ3n) is 2.41. The SMILES string of the molecule is CONc1ccccc1SNCCCNC(=O)OC(C)(C)C. The number of carbonyl (C=O) groups excluding carboxylic acids is 1. The molecule has 0 spiro atoms. The third kappa shape index (κ3) is 8.11. The first-order valence-corrected chi connectivity index (χ1v) is 7.98. The molecule has 3 N–H and O–H groups in total. The van der Waals surface area contributed by atoms with Gasteiger partial charge in [-0.1, -0.05) is 12.1 Å². The summed E-state index contributed by atoms with van der Waals surface area (Å²) in [4.78, 5) is 17.4. The molecule has 0 saturated carbocycles. The molecule has 0 fully saturated rings. The zero-order chi connectivity index (χ0) is 16.4. The minimum absolute atomic E-state index is 0.380. The van der Waals surface area contributed by atoms with Gasteiger partial charge in [-0.2, -0.15) is 0 Å². The highest BCUT2D eigenvalue weighted by Gasteiger charge is 2.15. The lowest BCUT2D eigenvalue weighted by atomic mass is 10.2.